The molecule has 0 saturated carbocycles. The molecule has 142 valence electrons. The van der Waals surface area contributed by atoms with E-state index in [0.717, 1.165) is 34.7 Å². The van der Waals surface area contributed by atoms with E-state index in [1.54, 1.807) is 4.68 Å². The van der Waals surface area contributed by atoms with Crippen molar-refractivity contribution in [3.8, 4) is 5.75 Å². The monoisotopic (exact) mass is 403 g/mol. The minimum absolute atomic E-state index is 0.185. The van der Waals surface area contributed by atoms with Crippen LogP contribution in [0.2, 0.25) is 0 Å². The number of morpholine rings is 1. The van der Waals surface area contributed by atoms with Gasteiger partial charge >= 0.3 is 0 Å². The molecule has 1 saturated heterocycles. The Balaban J connectivity index is 1.36. The molecule has 4 rings (SSSR count). The summed E-state index contributed by atoms with van der Waals surface area (Å²) >= 11 is 6.86. The molecule has 1 atom stereocenters. The molecule has 1 N–H and O–H groups in total. The molecule has 0 spiro atoms. The van der Waals surface area contributed by atoms with Gasteiger partial charge in [0.15, 0.2) is 3.95 Å². The predicted octanol–water partition coefficient (Wildman–Crippen LogP) is 3.10. The smallest absolute Gasteiger partial charge is 0.207 e. The zero-order chi connectivity index (χ0) is 18.6. The molecule has 0 amide bonds. The lowest BCUT2D eigenvalue weighted by atomic mass is 10.1. The first-order chi connectivity index (χ1) is 13.2. The molecule has 1 aromatic heterocycles. The van der Waals surface area contributed by atoms with Crippen molar-refractivity contribution in [1.29, 1.82) is 0 Å². The number of ether oxygens (including phenoxy) is 2. The third-order valence-corrected chi connectivity index (χ3v) is 5.79. The first kappa shape index (κ1) is 18.4. The van der Waals surface area contributed by atoms with Crippen molar-refractivity contribution in [3.05, 3.63) is 46.4 Å². The second-order valence-corrected chi connectivity index (χ2v) is 8.01. The van der Waals surface area contributed by atoms with Crippen LogP contribution in [0.15, 0.2) is 42.5 Å². The van der Waals surface area contributed by atoms with Crippen LogP contribution in [0.5, 0.6) is 5.75 Å². The van der Waals surface area contributed by atoms with Crippen LogP contribution in [0.3, 0.4) is 0 Å². The molecular weight excluding hydrogens is 382 g/mol. The first-order valence-electron chi connectivity index (χ1n) is 8.89. The number of fused-ring (bicyclic) bond motifs is 1. The van der Waals surface area contributed by atoms with Gasteiger partial charge in [0.05, 0.1) is 19.8 Å². The zero-order valence-corrected chi connectivity index (χ0v) is 16.4. The SMILES string of the molecule is OC(COc1ccc2ccccc2c1)Cn1nc(N2CCOCC2)sc1=S. The van der Waals surface area contributed by atoms with E-state index in [1.165, 1.54) is 11.3 Å². The van der Waals surface area contributed by atoms with Crippen molar-refractivity contribution < 1.29 is 14.6 Å². The summed E-state index contributed by atoms with van der Waals surface area (Å²) in [5, 5.41) is 18.1. The van der Waals surface area contributed by atoms with Crippen molar-refractivity contribution in [2.45, 2.75) is 12.6 Å². The van der Waals surface area contributed by atoms with E-state index >= 15 is 0 Å². The molecule has 2 aromatic carbocycles. The molecule has 1 unspecified atom stereocenters. The summed E-state index contributed by atoms with van der Waals surface area (Å²) in [5.74, 6) is 0.739. The van der Waals surface area contributed by atoms with Gasteiger partial charge in [0.1, 0.15) is 18.5 Å². The van der Waals surface area contributed by atoms with Gasteiger partial charge in [-0.1, -0.05) is 41.7 Å². The van der Waals surface area contributed by atoms with E-state index in [9.17, 15) is 5.11 Å². The maximum atomic E-state index is 10.4. The Bertz CT molecular complexity index is 966. The number of aliphatic hydroxyl groups is 1. The van der Waals surface area contributed by atoms with Gasteiger partial charge in [0, 0.05) is 13.1 Å². The molecule has 27 heavy (non-hydrogen) atoms. The highest BCUT2D eigenvalue weighted by Crippen LogP contribution is 2.22. The maximum Gasteiger partial charge on any atom is 0.207 e. The van der Waals surface area contributed by atoms with Crippen LogP contribution < -0.4 is 9.64 Å². The molecule has 8 heteroatoms. The van der Waals surface area contributed by atoms with E-state index in [0.29, 0.717) is 23.7 Å². The molecular formula is C19H21N3O3S2. The van der Waals surface area contributed by atoms with Gasteiger partial charge in [0.2, 0.25) is 5.13 Å². The lowest BCUT2D eigenvalue weighted by Gasteiger charge is -2.25. The van der Waals surface area contributed by atoms with E-state index in [4.69, 9.17) is 21.7 Å². The van der Waals surface area contributed by atoms with Crippen LogP contribution >= 0.6 is 23.6 Å². The molecule has 1 fully saturated rings. The summed E-state index contributed by atoms with van der Waals surface area (Å²) in [4.78, 5) is 2.17. The molecule has 0 aliphatic carbocycles. The first-order valence-corrected chi connectivity index (χ1v) is 10.1. The van der Waals surface area contributed by atoms with Crippen LogP contribution in [0.4, 0.5) is 5.13 Å². The number of hydrogen-bond donors (Lipinski definition) is 1. The van der Waals surface area contributed by atoms with Crippen molar-refractivity contribution >= 4 is 39.5 Å². The summed E-state index contributed by atoms with van der Waals surface area (Å²) in [7, 11) is 0. The number of anilines is 1. The average Bonchev–Trinajstić information content (AvgIpc) is 3.07. The highest BCUT2D eigenvalue weighted by Gasteiger charge is 2.17. The Kier molecular flexibility index (Phi) is 5.68. The van der Waals surface area contributed by atoms with Gasteiger partial charge in [-0.05, 0) is 35.1 Å². The van der Waals surface area contributed by atoms with E-state index in [1.807, 2.05) is 36.4 Å². The van der Waals surface area contributed by atoms with Gasteiger partial charge in [-0.3, -0.25) is 0 Å². The fourth-order valence-electron chi connectivity index (χ4n) is 3.00. The van der Waals surface area contributed by atoms with Crippen molar-refractivity contribution in [2.24, 2.45) is 0 Å². The van der Waals surface area contributed by atoms with E-state index in [-0.39, 0.29) is 6.61 Å². The molecule has 3 aromatic rings. The summed E-state index contributed by atoms with van der Waals surface area (Å²) < 4.78 is 13.5. The number of aromatic nitrogens is 2. The summed E-state index contributed by atoms with van der Waals surface area (Å²) in [6.45, 7) is 3.53. The zero-order valence-electron chi connectivity index (χ0n) is 14.8. The molecule has 0 radical (unpaired) electrons. The molecule has 1 aliphatic rings. The fourth-order valence-corrected chi connectivity index (χ4v) is 4.16. The average molecular weight is 404 g/mol. The second kappa shape index (κ2) is 8.35. The third-order valence-electron chi connectivity index (χ3n) is 4.42. The van der Waals surface area contributed by atoms with Gasteiger partial charge < -0.3 is 19.5 Å². The Labute approximate surface area is 166 Å². The topological polar surface area (TPSA) is 59.8 Å². The summed E-state index contributed by atoms with van der Waals surface area (Å²) in [5.41, 5.74) is 0. The van der Waals surface area contributed by atoms with Crippen LogP contribution in [0.25, 0.3) is 10.8 Å². The fraction of sp³-hybridized carbons (Fsp3) is 0.368. The Morgan fingerprint density at radius 1 is 1.19 bits per heavy atom. The van der Waals surface area contributed by atoms with Gasteiger partial charge in [-0.25, -0.2) is 4.68 Å². The van der Waals surface area contributed by atoms with Gasteiger partial charge in [-0.2, -0.15) is 0 Å². The summed E-state index contributed by atoms with van der Waals surface area (Å²) in [6.07, 6.45) is -0.692. The number of nitrogens with zero attached hydrogens (tertiary/aromatic N) is 3. The van der Waals surface area contributed by atoms with Crippen molar-refractivity contribution in [1.82, 2.24) is 9.78 Å². The van der Waals surface area contributed by atoms with Crippen LogP contribution in [-0.4, -0.2) is 53.9 Å². The van der Waals surface area contributed by atoms with Crippen LogP contribution in [0, 0.1) is 3.95 Å². The Morgan fingerprint density at radius 3 is 2.78 bits per heavy atom. The van der Waals surface area contributed by atoms with Crippen LogP contribution in [0.1, 0.15) is 0 Å². The predicted molar refractivity (Wildman–Crippen MR) is 109 cm³/mol. The molecule has 6 nitrogen and oxygen atoms in total. The number of aliphatic hydroxyl groups excluding tert-OH is 1. The molecule has 0 bridgehead atoms. The lowest BCUT2D eigenvalue weighted by molar-refractivity contribution is 0.0890. The Morgan fingerprint density at radius 2 is 1.96 bits per heavy atom. The van der Waals surface area contributed by atoms with Crippen LogP contribution in [-0.2, 0) is 11.3 Å². The third kappa shape index (κ3) is 4.47. The lowest BCUT2D eigenvalue weighted by Crippen LogP contribution is -2.36. The van der Waals surface area contributed by atoms with Crippen molar-refractivity contribution in [3.63, 3.8) is 0 Å². The van der Waals surface area contributed by atoms with E-state index in [2.05, 4.69) is 16.1 Å². The molecule has 1 aliphatic heterocycles. The highest BCUT2D eigenvalue weighted by molar-refractivity contribution is 7.73. The quantitative estimate of drug-likeness (QED) is 0.638. The normalized spacial score (nSPS) is 15.8. The minimum Gasteiger partial charge on any atom is -0.491 e. The van der Waals surface area contributed by atoms with Gasteiger partial charge in [0.25, 0.3) is 0 Å². The second-order valence-electron chi connectivity index (χ2n) is 6.41. The minimum atomic E-state index is -0.692. The molecule has 2 heterocycles. The number of hydrogen-bond acceptors (Lipinski definition) is 7. The highest BCUT2D eigenvalue weighted by atomic mass is 32.1. The largest absolute Gasteiger partial charge is 0.491 e. The Hall–Kier alpha value is -2.00. The van der Waals surface area contributed by atoms with Crippen molar-refractivity contribution in [2.75, 3.05) is 37.8 Å². The standard InChI is InChI=1S/C19H21N3O3S2/c23-16(13-25-17-6-5-14-3-1-2-4-15(14)11-17)12-22-19(26)27-18(20-22)21-7-9-24-10-8-21/h1-6,11,16,23H,7-10,12-13H2. The van der Waals surface area contributed by atoms with E-state index < -0.39 is 6.10 Å². The number of rotatable bonds is 6. The summed E-state index contributed by atoms with van der Waals surface area (Å²) in [6, 6.07) is 14.0. The number of benzene rings is 2. The maximum absolute atomic E-state index is 10.4. The van der Waals surface area contributed by atoms with Gasteiger partial charge in [-0.15, -0.1) is 5.10 Å².